The second-order valence-electron chi connectivity index (χ2n) is 4.31. The quantitative estimate of drug-likeness (QED) is 0.874. The molecule has 7 heteroatoms. The Morgan fingerprint density at radius 3 is 3.00 bits per heavy atom. The van der Waals surface area contributed by atoms with Crippen LogP contribution < -0.4 is 5.32 Å². The lowest BCUT2D eigenvalue weighted by Gasteiger charge is -2.14. The summed E-state index contributed by atoms with van der Waals surface area (Å²) in [7, 11) is 0.130. The zero-order chi connectivity index (χ0) is 13.2. The van der Waals surface area contributed by atoms with Crippen LogP contribution in [0.3, 0.4) is 0 Å². The van der Waals surface area contributed by atoms with Gasteiger partial charge in [-0.3, -0.25) is 0 Å². The van der Waals surface area contributed by atoms with Crippen LogP contribution in [0, 0.1) is 0 Å². The van der Waals surface area contributed by atoms with Crippen molar-refractivity contribution in [3.63, 3.8) is 0 Å². The van der Waals surface area contributed by atoms with Gasteiger partial charge >= 0.3 is 0 Å². The van der Waals surface area contributed by atoms with Crippen LogP contribution in [-0.2, 0) is 21.3 Å². The minimum atomic E-state index is -3.34. The Morgan fingerprint density at radius 1 is 1.61 bits per heavy atom. The maximum Gasteiger partial charge on any atom is 0.252 e. The molecule has 0 radical (unpaired) electrons. The van der Waals surface area contributed by atoms with Gasteiger partial charge in [-0.05, 0) is 30.5 Å². The normalized spacial score (nSPS) is 21.6. The minimum Gasteiger partial charge on any atom is -0.380 e. The lowest BCUT2D eigenvalue weighted by atomic mass is 10.3. The largest absolute Gasteiger partial charge is 0.380 e. The van der Waals surface area contributed by atoms with Crippen molar-refractivity contribution in [1.82, 2.24) is 9.62 Å². The molecule has 1 N–H and O–H groups in total. The average molecular weight is 290 g/mol. The number of nitrogens with one attached hydrogen (secondary N) is 1. The van der Waals surface area contributed by atoms with E-state index in [-0.39, 0.29) is 6.10 Å². The fourth-order valence-electron chi connectivity index (χ4n) is 2.02. The van der Waals surface area contributed by atoms with Crippen molar-refractivity contribution in [3.8, 4) is 0 Å². The zero-order valence-electron chi connectivity index (χ0n) is 10.5. The molecule has 1 unspecified atom stereocenters. The van der Waals surface area contributed by atoms with E-state index in [9.17, 15) is 8.42 Å². The molecule has 1 aliphatic rings. The van der Waals surface area contributed by atoms with Gasteiger partial charge < -0.3 is 10.1 Å². The molecule has 1 saturated heterocycles. The predicted octanol–water partition coefficient (Wildman–Crippen LogP) is 0.877. The molecule has 0 spiro atoms. The number of hydrogen-bond acceptors (Lipinski definition) is 5. The summed E-state index contributed by atoms with van der Waals surface area (Å²) in [4.78, 5) is 0. The van der Waals surface area contributed by atoms with Crippen molar-refractivity contribution in [3.05, 3.63) is 17.0 Å². The van der Waals surface area contributed by atoms with Crippen molar-refractivity contribution in [2.24, 2.45) is 0 Å². The summed E-state index contributed by atoms with van der Waals surface area (Å²) >= 11 is 1.28. The lowest BCUT2D eigenvalue weighted by molar-refractivity contribution is 0.115. The highest BCUT2D eigenvalue weighted by molar-refractivity contribution is 7.91. The first kappa shape index (κ1) is 14.0. The van der Waals surface area contributed by atoms with Crippen LogP contribution in [0.5, 0.6) is 0 Å². The smallest absolute Gasteiger partial charge is 0.252 e. The molecule has 0 aromatic carbocycles. The Labute approximate surface area is 112 Å². The molecule has 2 rings (SSSR count). The van der Waals surface area contributed by atoms with Gasteiger partial charge in [0, 0.05) is 26.7 Å². The SMILES string of the molecule is CNCc1csc(S(=O)(=O)N2CCC(OC)C2)c1. The van der Waals surface area contributed by atoms with Crippen LogP contribution in [0.25, 0.3) is 0 Å². The summed E-state index contributed by atoms with van der Waals surface area (Å²) < 4.78 is 31.9. The van der Waals surface area contributed by atoms with Gasteiger partial charge in [-0.1, -0.05) is 0 Å². The summed E-state index contributed by atoms with van der Waals surface area (Å²) in [6, 6.07) is 1.75. The third-order valence-corrected chi connectivity index (χ3v) is 6.37. The Morgan fingerprint density at radius 2 is 2.39 bits per heavy atom. The summed E-state index contributed by atoms with van der Waals surface area (Å²) in [6.07, 6.45) is 0.793. The molecule has 0 saturated carbocycles. The van der Waals surface area contributed by atoms with Crippen molar-refractivity contribution in [2.75, 3.05) is 27.2 Å². The number of ether oxygens (including phenoxy) is 1. The minimum absolute atomic E-state index is 0.0246. The highest BCUT2D eigenvalue weighted by atomic mass is 32.2. The Hall–Kier alpha value is -0.470. The topological polar surface area (TPSA) is 58.6 Å². The molecule has 1 aromatic rings. The molecule has 18 heavy (non-hydrogen) atoms. The molecule has 0 aliphatic carbocycles. The molecular weight excluding hydrogens is 272 g/mol. The van der Waals surface area contributed by atoms with Crippen molar-refractivity contribution in [1.29, 1.82) is 0 Å². The van der Waals surface area contributed by atoms with E-state index in [4.69, 9.17) is 4.74 Å². The van der Waals surface area contributed by atoms with E-state index >= 15 is 0 Å². The van der Waals surface area contributed by atoms with Crippen LogP contribution in [0.2, 0.25) is 0 Å². The molecule has 1 fully saturated rings. The molecular formula is C11H18N2O3S2. The molecule has 1 aromatic heterocycles. The summed E-state index contributed by atoms with van der Waals surface area (Å²) in [6.45, 7) is 1.69. The lowest BCUT2D eigenvalue weighted by Crippen LogP contribution is -2.29. The fraction of sp³-hybridized carbons (Fsp3) is 0.636. The summed E-state index contributed by atoms with van der Waals surface area (Å²) in [5.41, 5.74) is 1.00. The predicted molar refractivity (Wildman–Crippen MR) is 71.3 cm³/mol. The highest BCUT2D eigenvalue weighted by Crippen LogP contribution is 2.27. The number of methoxy groups -OCH3 is 1. The van der Waals surface area contributed by atoms with Gasteiger partial charge in [0.25, 0.3) is 10.0 Å². The number of rotatable bonds is 5. The monoisotopic (exact) mass is 290 g/mol. The van der Waals surface area contributed by atoms with Gasteiger partial charge in [0.05, 0.1) is 6.10 Å². The Balaban J connectivity index is 2.15. The number of thiophene rings is 1. The molecule has 0 amide bonds. The van der Waals surface area contributed by atoms with Crippen LogP contribution in [0.1, 0.15) is 12.0 Å². The maximum absolute atomic E-state index is 12.4. The molecule has 5 nitrogen and oxygen atoms in total. The second-order valence-corrected chi connectivity index (χ2v) is 7.39. The van der Waals surface area contributed by atoms with Crippen molar-refractivity contribution < 1.29 is 13.2 Å². The van der Waals surface area contributed by atoms with Gasteiger partial charge in [-0.25, -0.2) is 8.42 Å². The molecule has 102 valence electrons. The molecule has 1 atom stereocenters. The van der Waals surface area contributed by atoms with Gasteiger partial charge in [-0.2, -0.15) is 4.31 Å². The van der Waals surface area contributed by atoms with Crippen LogP contribution in [0.4, 0.5) is 0 Å². The van der Waals surface area contributed by atoms with Gasteiger partial charge in [0.1, 0.15) is 4.21 Å². The number of sulfonamides is 1. The van der Waals surface area contributed by atoms with Gasteiger partial charge in [-0.15, -0.1) is 11.3 Å². The van der Waals surface area contributed by atoms with Crippen LogP contribution in [0.15, 0.2) is 15.7 Å². The number of hydrogen-bond donors (Lipinski definition) is 1. The van der Waals surface area contributed by atoms with Gasteiger partial charge in [0.2, 0.25) is 0 Å². The Bertz CT molecular complexity index is 498. The Kier molecular flexibility index (Phi) is 4.39. The van der Waals surface area contributed by atoms with E-state index in [2.05, 4.69) is 5.32 Å². The fourth-order valence-corrected chi connectivity index (χ4v) is 4.87. The third-order valence-electron chi connectivity index (χ3n) is 3.05. The van der Waals surface area contributed by atoms with E-state index in [0.717, 1.165) is 12.0 Å². The van der Waals surface area contributed by atoms with E-state index in [0.29, 0.717) is 23.8 Å². The van der Waals surface area contributed by atoms with Crippen molar-refractivity contribution in [2.45, 2.75) is 23.3 Å². The zero-order valence-corrected chi connectivity index (χ0v) is 12.2. The standard InChI is InChI=1S/C11H18N2O3S2/c1-12-6-9-5-11(17-8-9)18(14,15)13-4-3-10(7-13)16-2/h5,8,10,12H,3-4,6-7H2,1-2H3. The van der Waals surface area contributed by atoms with E-state index in [1.807, 2.05) is 12.4 Å². The molecule has 1 aliphatic heterocycles. The molecule has 2 heterocycles. The highest BCUT2D eigenvalue weighted by Gasteiger charge is 2.33. The first-order valence-electron chi connectivity index (χ1n) is 5.83. The first-order valence-corrected chi connectivity index (χ1v) is 8.15. The van der Waals surface area contributed by atoms with E-state index in [1.54, 1.807) is 13.2 Å². The molecule has 0 bridgehead atoms. The average Bonchev–Trinajstić information content (AvgIpc) is 2.98. The van der Waals surface area contributed by atoms with E-state index in [1.165, 1.54) is 15.6 Å². The third kappa shape index (κ3) is 2.75. The van der Waals surface area contributed by atoms with Crippen molar-refractivity contribution >= 4 is 21.4 Å². The van der Waals surface area contributed by atoms with E-state index < -0.39 is 10.0 Å². The van der Waals surface area contributed by atoms with Gasteiger partial charge in [0.15, 0.2) is 0 Å². The van der Waals surface area contributed by atoms with Crippen LogP contribution >= 0.6 is 11.3 Å². The maximum atomic E-state index is 12.4. The number of nitrogens with zero attached hydrogens (tertiary/aromatic N) is 1. The second kappa shape index (κ2) is 5.66. The summed E-state index contributed by atoms with van der Waals surface area (Å²) in [5, 5.41) is 4.89. The summed E-state index contributed by atoms with van der Waals surface area (Å²) in [5.74, 6) is 0. The first-order chi connectivity index (χ1) is 8.57. The van der Waals surface area contributed by atoms with Crippen LogP contribution in [-0.4, -0.2) is 46.1 Å².